The van der Waals surface area contributed by atoms with Crippen LogP contribution in [0, 0.1) is 0 Å². The van der Waals surface area contributed by atoms with Crippen molar-refractivity contribution < 1.29 is 19.4 Å². The van der Waals surface area contributed by atoms with E-state index in [4.69, 9.17) is 9.47 Å². The molecular formula is C20H25NO4S. The number of nitrogens with zero attached hydrogens (tertiary/aromatic N) is 1. The summed E-state index contributed by atoms with van der Waals surface area (Å²) in [6, 6.07) is 7.41. The summed E-state index contributed by atoms with van der Waals surface area (Å²) in [5.74, 6) is 0.632. The zero-order chi connectivity index (χ0) is 18.5. The van der Waals surface area contributed by atoms with Gasteiger partial charge in [0.2, 0.25) is 0 Å². The van der Waals surface area contributed by atoms with Crippen LogP contribution in [0.2, 0.25) is 0 Å². The number of carbonyl (C=O) groups is 1. The van der Waals surface area contributed by atoms with Crippen LogP contribution in [-0.4, -0.2) is 42.3 Å². The van der Waals surface area contributed by atoms with Crippen molar-refractivity contribution in [2.75, 3.05) is 20.3 Å². The fourth-order valence-corrected chi connectivity index (χ4v) is 4.34. The van der Waals surface area contributed by atoms with Crippen molar-refractivity contribution >= 4 is 17.3 Å². The van der Waals surface area contributed by atoms with Crippen molar-refractivity contribution in [3.63, 3.8) is 0 Å². The van der Waals surface area contributed by atoms with E-state index in [1.54, 1.807) is 18.4 Å². The zero-order valence-corrected chi connectivity index (χ0v) is 16.0. The van der Waals surface area contributed by atoms with Crippen molar-refractivity contribution in [3.05, 3.63) is 46.2 Å². The lowest BCUT2D eigenvalue weighted by Gasteiger charge is -2.39. The Balaban J connectivity index is 2.03. The van der Waals surface area contributed by atoms with E-state index in [2.05, 4.69) is 16.3 Å². The summed E-state index contributed by atoms with van der Waals surface area (Å²) in [5.41, 5.74) is 2.14. The Morgan fingerprint density at radius 3 is 2.81 bits per heavy atom. The van der Waals surface area contributed by atoms with E-state index >= 15 is 0 Å². The normalized spacial score (nSPS) is 19.1. The number of carboxylic acids is 1. The lowest BCUT2D eigenvalue weighted by atomic mass is 9.93. The summed E-state index contributed by atoms with van der Waals surface area (Å²) < 4.78 is 11.1. The highest BCUT2D eigenvalue weighted by Gasteiger charge is 2.35. The topological polar surface area (TPSA) is 59.0 Å². The second-order valence-corrected chi connectivity index (χ2v) is 7.17. The Bertz CT molecular complexity index is 731. The molecule has 2 unspecified atom stereocenters. The van der Waals surface area contributed by atoms with Crippen LogP contribution in [0.1, 0.15) is 43.4 Å². The quantitative estimate of drug-likeness (QED) is 0.786. The number of benzene rings is 1. The van der Waals surface area contributed by atoms with Crippen LogP contribution in [0.3, 0.4) is 0 Å². The van der Waals surface area contributed by atoms with Crippen LogP contribution in [0.25, 0.3) is 0 Å². The highest BCUT2D eigenvalue weighted by molar-refractivity contribution is 7.08. The average Bonchev–Trinajstić information content (AvgIpc) is 3.17. The molecule has 1 N–H and O–H groups in total. The molecule has 0 amide bonds. The number of ether oxygens (including phenoxy) is 2. The number of hydrogen-bond acceptors (Lipinski definition) is 5. The van der Waals surface area contributed by atoms with E-state index in [-0.39, 0.29) is 6.04 Å². The summed E-state index contributed by atoms with van der Waals surface area (Å²) in [7, 11) is 1.63. The molecule has 26 heavy (non-hydrogen) atoms. The molecule has 140 valence electrons. The average molecular weight is 375 g/mol. The van der Waals surface area contributed by atoms with Crippen LogP contribution in [0.4, 0.5) is 0 Å². The molecular weight excluding hydrogens is 350 g/mol. The molecule has 2 atom stereocenters. The third kappa shape index (κ3) is 3.86. The molecule has 5 nitrogen and oxygen atoms in total. The van der Waals surface area contributed by atoms with E-state index in [9.17, 15) is 9.90 Å². The second-order valence-electron chi connectivity index (χ2n) is 6.39. The predicted molar refractivity (Wildman–Crippen MR) is 102 cm³/mol. The summed E-state index contributed by atoms with van der Waals surface area (Å²) in [6.07, 6.45) is 2.65. The maximum absolute atomic E-state index is 11.8. The van der Waals surface area contributed by atoms with Gasteiger partial charge in [-0.3, -0.25) is 9.69 Å². The van der Waals surface area contributed by atoms with Crippen LogP contribution in [0.15, 0.2) is 35.0 Å². The smallest absolute Gasteiger partial charge is 0.320 e. The van der Waals surface area contributed by atoms with E-state index < -0.39 is 12.0 Å². The van der Waals surface area contributed by atoms with Gasteiger partial charge in [0.1, 0.15) is 6.04 Å². The van der Waals surface area contributed by atoms with Crippen LogP contribution >= 0.6 is 11.3 Å². The Morgan fingerprint density at radius 2 is 2.15 bits per heavy atom. The molecule has 3 rings (SSSR count). The van der Waals surface area contributed by atoms with Crippen molar-refractivity contribution in [2.45, 2.75) is 38.3 Å². The van der Waals surface area contributed by atoms with Gasteiger partial charge in [-0.05, 0) is 66.4 Å². The van der Waals surface area contributed by atoms with E-state index in [1.165, 1.54) is 0 Å². The molecule has 0 saturated carbocycles. The SMILES string of the molecule is CCOc1ccc(C(c2ccsc2)N2CCCCC2C(=O)O)cc1OC. The molecule has 0 aliphatic carbocycles. The van der Waals surface area contributed by atoms with Gasteiger partial charge in [0.15, 0.2) is 11.5 Å². The summed E-state index contributed by atoms with van der Waals surface area (Å²) in [5, 5.41) is 13.9. The van der Waals surface area contributed by atoms with Gasteiger partial charge in [-0.15, -0.1) is 0 Å². The molecule has 0 radical (unpaired) electrons. The number of thiophene rings is 1. The summed E-state index contributed by atoms with van der Waals surface area (Å²) in [6.45, 7) is 3.27. The zero-order valence-electron chi connectivity index (χ0n) is 15.2. The number of aliphatic carboxylic acids is 1. The van der Waals surface area contributed by atoms with Gasteiger partial charge < -0.3 is 14.6 Å². The molecule has 0 spiro atoms. The minimum atomic E-state index is -0.747. The van der Waals surface area contributed by atoms with Gasteiger partial charge >= 0.3 is 5.97 Å². The summed E-state index contributed by atoms with van der Waals surface area (Å²) >= 11 is 1.63. The largest absolute Gasteiger partial charge is 0.493 e. The Morgan fingerprint density at radius 1 is 1.31 bits per heavy atom. The maximum Gasteiger partial charge on any atom is 0.320 e. The van der Waals surface area contributed by atoms with Gasteiger partial charge in [0.25, 0.3) is 0 Å². The molecule has 6 heteroatoms. The van der Waals surface area contributed by atoms with Crippen LogP contribution < -0.4 is 9.47 Å². The molecule has 2 aromatic rings. The third-order valence-corrected chi connectivity index (χ3v) is 5.52. The Hall–Kier alpha value is -2.05. The standard InChI is InChI=1S/C20H25NO4S/c1-3-25-17-8-7-14(12-18(17)24-2)19(15-9-11-26-13-15)21-10-5-4-6-16(21)20(22)23/h7-9,11-13,16,19H,3-6,10H2,1-2H3,(H,22,23). The highest BCUT2D eigenvalue weighted by Crippen LogP contribution is 2.38. The Kier molecular flexibility index (Phi) is 6.16. The van der Waals surface area contributed by atoms with Gasteiger partial charge in [0.05, 0.1) is 19.8 Å². The third-order valence-electron chi connectivity index (χ3n) is 4.82. The minimum absolute atomic E-state index is 0.104. The first-order chi connectivity index (χ1) is 12.7. The van der Waals surface area contributed by atoms with Gasteiger partial charge in [0, 0.05) is 0 Å². The molecule has 1 aliphatic heterocycles. The number of carboxylic acid groups (broad SMARTS) is 1. The predicted octanol–water partition coefficient (Wildman–Crippen LogP) is 4.18. The Labute approximate surface area is 158 Å². The number of hydrogen-bond donors (Lipinski definition) is 1. The van der Waals surface area contributed by atoms with Crippen molar-refractivity contribution in [2.24, 2.45) is 0 Å². The molecule has 1 aliphatic rings. The number of methoxy groups -OCH3 is 1. The lowest BCUT2D eigenvalue weighted by Crippen LogP contribution is -2.46. The number of likely N-dealkylation sites (tertiary alicyclic amines) is 1. The fourth-order valence-electron chi connectivity index (χ4n) is 3.66. The monoisotopic (exact) mass is 375 g/mol. The first-order valence-electron chi connectivity index (χ1n) is 8.97. The van der Waals surface area contributed by atoms with Gasteiger partial charge in [-0.1, -0.05) is 12.5 Å². The lowest BCUT2D eigenvalue weighted by molar-refractivity contribution is -0.145. The van der Waals surface area contributed by atoms with E-state index in [1.807, 2.05) is 30.5 Å². The van der Waals surface area contributed by atoms with Crippen LogP contribution in [0.5, 0.6) is 11.5 Å². The van der Waals surface area contributed by atoms with Crippen molar-refractivity contribution in [3.8, 4) is 11.5 Å². The molecule has 2 heterocycles. The van der Waals surface area contributed by atoms with E-state index in [0.29, 0.717) is 24.5 Å². The fraction of sp³-hybridized carbons (Fsp3) is 0.450. The highest BCUT2D eigenvalue weighted by atomic mass is 32.1. The summed E-state index contributed by atoms with van der Waals surface area (Å²) in [4.78, 5) is 14.0. The maximum atomic E-state index is 11.8. The molecule has 0 bridgehead atoms. The number of rotatable bonds is 7. The molecule has 1 aromatic carbocycles. The first kappa shape index (κ1) is 18.7. The van der Waals surface area contributed by atoms with E-state index in [0.717, 1.165) is 30.5 Å². The molecule has 1 fully saturated rings. The van der Waals surface area contributed by atoms with Crippen molar-refractivity contribution in [1.82, 2.24) is 4.90 Å². The van der Waals surface area contributed by atoms with Gasteiger partial charge in [-0.2, -0.15) is 11.3 Å². The molecule has 1 aromatic heterocycles. The van der Waals surface area contributed by atoms with Crippen molar-refractivity contribution in [1.29, 1.82) is 0 Å². The van der Waals surface area contributed by atoms with Gasteiger partial charge in [-0.25, -0.2) is 0 Å². The number of piperidine rings is 1. The second kappa shape index (κ2) is 8.56. The van der Waals surface area contributed by atoms with Crippen LogP contribution in [-0.2, 0) is 4.79 Å². The molecule has 1 saturated heterocycles. The first-order valence-corrected chi connectivity index (χ1v) is 9.91. The minimum Gasteiger partial charge on any atom is -0.493 e.